The first-order valence-electron chi connectivity index (χ1n) is 7.76. The van der Waals surface area contributed by atoms with E-state index in [9.17, 15) is 18.8 Å². The van der Waals surface area contributed by atoms with Gasteiger partial charge in [-0.2, -0.15) is 4.39 Å². The third kappa shape index (κ3) is 3.57. The van der Waals surface area contributed by atoms with Crippen LogP contribution in [0.3, 0.4) is 0 Å². The first-order chi connectivity index (χ1) is 11.0. The van der Waals surface area contributed by atoms with E-state index < -0.39 is 43.8 Å². The lowest BCUT2D eigenvalue weighted by Gasteiger charge is -2.38. The van der Waals surface area contributed by atoms with Gasteiger partial charge in [0, 0.05) is 6.42 Å². The molecule has 1 aromatic rings. The molecule has 0 spiro atoms. The third-order valence-corrected chi connectivity index (χ3v) is 9.24. The van der Waals surface area contributed by atoms with Crippen LogP contribution in [0.25, 0.3) is 0 Å². The molecular weight excluding hydrogens is 335 g/mol. The van der Waals surface area contributed by atoms with Gasteiger partial charge in [0.25, 0.3) is 5.56 Å². The summed E-state index contributed by atoms with van der Waals surface area (Å²) in [4.78, 5) is 36.2. The summed E-state index contributed by atoms with van der Waals surface area (Å²) >= 11 is 0. The minimum atomic E-state index is -2.15. The average Bonchev–Trinajstić information content (AvgIpc) is 2.83. The van der Waals surface area contributed by atoms with Crippen molar-refractivity contribution in [3.05, 3.63) is 32.9 Å². The van der Waals surface area contributed by atoms with Crippen molar-refractivity contribution in [3.8, 4) is 0 Å². The molecule has 3 atom stereocenters. The van der Waals surface area contributed by atoms with Gasteiger partial charge >= 0.3 is 5.69 Å². The number of H-pyrrole nitrogens is 1. The fraction of sp³-hybridized carbons (Fsp3) is 0.667. The molecule has 1 fully saturated rings. The number of carbonyl (C=O) groups excluding carboxylic acids is 1. The number of halogens is 1. The average molecular weight is 358 g/mol. The number of ether oxygens (including phenoxy) is 1. The van der Waals surface area contributed by atoms with E-state index in [1.165, 1.54) is 0 Å². The van der Waals surface area contributed by atoms with Gasteiger partial charge in [-0.25, -0.2) is 4.79 Å². The number of aromatic nitrogens is 2. The summed E-state index contributed by atoms with van der Waals surface area (Å²) in [6.07, 6.45) is -0.579. The second-order valence-corrected chi connectivity index (χ2v) is 12.2. The van der Waals surface area contributed by atoms with E-state index in [1.807, 2.05) is 18.1 Å². The van der Waals surface area contributed by atoms with Crippen molar-refractivity contribution in [2.75, 3.05) is 0 Å². The van der Waals surface area contributed by atoms with E-state index in [-0.39, 0.29) is 11.5 Å². The smallest absolute Gasteiger partial charge is 0.330 e. The summed E-state index contributed by atoms with van der Waals surface area (Å²) < 4.78 is 26.2. The Morgan fingerprint density at radius 1 is 1.42 bits per heavy atom. The van der Waals surface area contributed by atoms with Crippen LogP contribution in [0.4, 0.5) is 4.39 Å². The third-order valence-electron chi connectivity index (χ3n) is 4.74. The van der Waals surface area contributed by atoms with Crippen LogP contribution in [0.15, 0.2) is 15.8 Å². The molecule has 1 aliphatic rings. The first-order valence-corrected chi connectivity index (χ1v) is 10.7. The van der Waals surface area contributed by atoms with Crippen molar-refractivity contribution >= 4 is 14.6 Å². The summed E-state index contributed by atoms with van der Waals surface area (Å²) in [6.45, 7) is 10.3. The van der Waals surface area contributed by atoms with E-state index in [0.29, 0.717) is 6.29 Å². The number of aldehydes is 1. The van der Waals surface area contributed by atoms with Gasteiger partial charge in [-0.3, -0.25) is 14.3 Å². The van der Waals surface area contributed by atoms with Crippen molar-refractivity contribution < 1.29 is 18.3 Å². The lowest BCUT2D eigenvalue weighted by atomic mass is 10.2. The highest BCUT2D eigenvalue weighted by atomic mass is 28.4. The Morgan fingerprint density at radius 3 is 2.58 bits per heavy atom. The highest BCUT2D eigenvalue weighted by molar-refractivity contribution is 6.74. The van der Waals surface area contributed by atoms with Gasteiger partial charge in [0.2, 0.25) is 5.82 Å². The molecule has 1 aliphatic heterocycles. The topological polar surface area (TPSA) is 90.4 Å². The molecule has 2 rings (SSSR count). The maximum absolute atomic E-state index is 13.5. The number of hydrogen-bond donors (Lipinski definition) is 1. The molecule has 9 heteroatoms. The summed E-state index contributed by atoms with van der Waals surface area (Å²) in [5.41, 5.74) is -1.88. The molecule has 0 amide bonds. The number of aromatic amines is 1. The fourth-order valence-electron chi connectivity index (χ4n) is 2.30. The number of carbonyl (C=O) groups is 1. The van der Waals surface area contributed by atoms with Crippen molar-refractivity contribution in [3.63, 3.8) is 0 Å². The minimum absolute atomic E-state index is 0.0561. The molecule has 1 saturated heterocycles. The normalized spacial score (nSPS) is 25.0. The molecule has 1 aromatic heterocycles. The molecule has 0 aromatic carbocycles. The fourth-order valence-corrected chi connectivity index (χ4v) is 3.64. The van der Waals surface area contributed by atoms with Gasteiger partial charge in [0.15, 0.2) is 14.6 Å². The lowest BCUT2D eigenvalue weighted by Crippen LogP contribution is -2.46. The van der Waals surface area contributed by atoms with Crippen LogP contribution in [0, 0.1) is 5.82 Å². The Labute approximate surface area is 139 Å². The maximum Gasteiger partial charge on any atom is 0.330 e. The minimum Gasteiger partial charge on any atom is -0.411 e. The predicted octanol–water partition coefficient (Wildman–Crippen LogP) is 1.55. The molecule has 2 heterocycles. The first kappa shape index (κ1) is 18.8. The molecule has 0 radical (unpaired) electrons. The Kier molecular flexibility index (Phi) is 4.98. The van der Waals surface area contributed by atoms with Crippen molar-refractivity contribution in [2.45, 2.75) is 63.8 Å². The van der Waals surface area contributed by atoms with Gasteiger partial charge in [-0.05, 0) is 18.1 Å². The summed E-state index contributed by atoms with van der Waals surface area (Å²) in [7, 11) is -2.15. The molecule has 0 unspecified atom stereocenters. The SMILES string of the molecule is CC(C)(C)[Si](C)(C)O[C@H]1C[C@H](n2cc(F)c(=O)[nH]c2=O)O[C@@H]1C=O. The van der Waals surface area contributed by atoms with Crippen LogP contribution in [0.2, 0.25) is 18.1 Å². The Bertz CT molecular complexity index is 737. The molecule has 0 aliphatic carbocycles. The Morgan fingerprint density at radius 2 is 2.04 bits per heavy atom. The van der Waals surface area contributed by atoms with Crippen molar-refractivity contribution in [2.24, 2.45) is 0 Å². The van der Waals surface area contributed by atoms with E-state index in [0.717, 1.165) is 10.8 Å². The second-order valence-electron chi connectivity index (χ2n) is 7.49. The van der Waals surface area contributed by atoms with Crippen LogP contribution in [-0.4, -0.2) is 36.4 Å². The van der Waals surface area contributed by atoms with Crippen LogP contribution in [-0.2, 0) is 14.0 Å². The van der Waals surface area contributed by atoms with E-state index >= 15 is 0 Å². The number of nitrogens with one attached hydrogen (secondary N) is 1. The maximum atomic E-state index is 13.5. The highest BCUT2D eigenvalue weighted by Gasteiger charge is 2.45. The number of rotatable bonds is 4. The monoisotopic (exact) mass is 358 g/mol. The standard InChI is InChI=1S/C15H23FN2O5Si/c1-15(2,3)24(4,5)23-10-6-12(22-11(10)8-19)18-7-9(16)13(20)17-14(18)21/h7-8,10-12H,6H2,1-5H3,(H,17,20,21)/t10-,11+,12+/m0/s1. The molecule has 134 valence electrons. The Balaban J connectivity index is 2.27. The van der Waals surface area contributed by atoms with Crippen LogP contribution >= 0.6 is 0 Å². The number of nitrogens with zero attached hydrogens (tertiary/aromatic N) is 1. The largest absolute Gasteiger partial charge is 0.411 e. The predicted molar refractivity (Wildman–Crippen MR) is 87.9 cm³/mol. The van der Waals surface area contributed by atoms with E-state index in [4.69, 9.17) is 9.16 Å². The molecule has 7 nitrogen and oxygen atoms in total. The van der Waals surface area contributed by atoms with Crippen molar-refractivity contribution in [1.29, 1.82) is 0 Å². The van der Waals surface area contributed by atoms with E-state index in [1.54, 1.807) is 0 Å². The Hall–Kier alpha value is -1.58. The quantitative estimate of drug-likeness (QED) is 0.651. The van der Waals surface area contributed by atoms with Gasteiger partial charge in [-0.1, -0.05) is 20.8 Å². The van der Waals surface area contributed by atoms with E-state index in [2.05, 4.69) is 20.8 Å². The van der Waals surface area contributed by atoms with Gasteiger partial charge in [0.1, 0.15) is 12.3 Å². The van der Waals surface area contributed by atoms with Gasteiger partial charge in [0.05, 0.1) is 12.3 Å². The number of hydrogen-bond acceptors (Lipinski definition) is 5. The van der Waals surface area contributed by atoms with Gasteiger partial charge < -0.3 is 14.0 Å². The molecular formula is C15H23FN2O5Si. The molecule has 1 N–H and O–H groups in total. The molecule has 0 bridgehead atoms. The van der Waals surface area contributed by atoms with Gasteiger partial charge in [-0.15, -0.1) is 0 Å². The highest BCUT2D eigenvalue weighted by Crippen LogP contribution is 2.40. The van der Waals surface area contributed by atoms with Crippen LogP contribution in [0.1, 0.15) is 33.4 Å². The summed E-state index contributed by atoms with van der Waals surface area (Å²) in [5.74, 6) is -1.09. The van der Waals surface area contributed by atoms with Crippen LogP contribution in [0.5, 0.6) is 0 Å². The lowest BCUT2D eigenvalue weighted by molar-refractivity contribution is -0.122. The summed E-state index contributed by atoms with van der Waals surface area (Å²) in [6, 6.07) is 0. The summed E-state index contributed by atoms with van der Waals surface area (Å²) in [5, 5.41) is -0.0561. The van der Waals surface area contributed by atoms with Crippen molar-refractivity contribution in [1.82, 2.24) is 9.55 Å². The zero-order chi connectivity index (χ0) is 18.3. The zero-order valence-electron chi connectivity index (χ0n) is 14.5. The van der Waals surface area contributed by atoms with Crippen LogP contribution < -0.4 is 11.2 Å². The molecule has 0 saturated carbocycles. The second kappa shape index (κ2) is 6.38. The molecule has 24 heavy (non-hydrogen) atoms. The zero-order valence-corrected chi connectivity index (χ0v) is 15.5.